The SMILES string of the molecule is Cc1ccc(C(=O)N(CC2CC2)C2CC2)cc1S(N)(=O)=O. The molecule has 6 heteroatoms. The molecule has 2 fully saturated rings. The molecule has 2 aliphatic rings. The second kappa shape index (κ2) is 5.10. The predicted octanol–water partition coefficient (Wildman–Crippen LogP) is 1.66. The molecule has 0 aliphatic heterocycles. The minimum Gasteiger partial charge on any atom is -0.335 e. The number of nitrogens with two attached hydrogens (primary N) is 1. The van der Waals surface area contributed by atoms with E-state index in [1.54, 1.807) is 19.1 Å². The van der Waals surface area contributed by atoms with Crippen LogP contribution in [0, 0.1) is 12.8 Å². The van der Waals surface area contributed by atoms with E-state index in [4.69, 9.17) is 5.14 Å². The van der Waals surface area contributed by atoms with Crippen LogP contribution in [0.1, 0.15) is 41.6 Å². The number of carbonyl (C=O) groups is 1. The Morgan fingerprint density at radius 2 is 1.95 bits per heavy atom. The first-order valence-corrected chi connectivity index (χ1v) is 8.85. The Morgan fingerprint density at radius 3 is 2.48 bits per heavy atom. The van der Waals surface area contributed by atoms with Gasteiger partial charge in [0.15, 0.2) is 0 Å². The Hall–Kier alpha value is -1.40. The van der Waals surface area contributed by atoms with E-state index in [0.717, 1.165) is 19.4 Å². The van der Waals surface area contributed by atoms with Crippen LogP contribution >= 0.6 is 0 Å². The van der Waals surface area contributed by atoms with Crippen molar-refractivity contribution in [1.82, 2.24) is 4.90 Å². The molecule has 0 spiro atoms. The summed E-state index contributed by atoms with van der Waals surface area (Å²) in [5.41, 5.74) is 0.978. The van der Waals surface area contributed by atoms with Gasteiger partial charge in [0.1, 0.15) is 0 Å². The first kappa shape index (κ1) is 14.5. The first-order chi connectivity index (χ1) is 9.86. The Kier molecular flexibility index (Phi) is 3.53. The smallest absolute Gasteiger partial charge is 0.254 e. The number of rotatable bonds is 5. The number of hydrogen-bond donors (Lipinski definition) is 1. The minimum absolute atomic E-state index is 0.0375. The molecular formula is C15H20N2O3S. The highest BCUT2D eigenvalue weighted by Gasteiger charge is 2.37. The quantitative estimate of drug-likeness (QED) is 0.898. The van der Waals surface area contributed by atoms with Crippen molar-refractivity contribution < 1.29 is 13.2 Å². The van der Waals surface area contributed by atoms with Gasteiger partial charge < -0.3 is 4.90 Å². The van der Waals surface area contributed by atoms with Crippen molar-refractivity contribution in [3.05, 3.63) is 29.3 Å². The zero-order chi connectivity index (χ0) is 15.2. The molecule has 0 atom stereocenters. The van der Waals surface area contributed by atoms with Gasteiger partial charge in [-0.1, -0.05) is 6.07 Å². The lowest BCUT2D eigenvalue weighted by Crippen LogP contribution is -2.35. The summed E-state index contributed by atoms with van der Waals surface area (Å²) < 4.78 is 23.2. The van der Waals surface area contributed by atoms with Gasteiger partial charge in [-0.2, -0.15) is 0 Å². The van der Waals surface area contributed by atoms with Crippen LogP contribution in [-0.4, -0.2) is 31.8 Å². The Bertz CT molecular complexity index is 676. The van der Waals surface area contributed by atoms with E-state index >= 15 is 0 Å². The Labute approximate surface area is 125 Å². The standard InChI is InChI=1S/C15H20N2O3S/c1-10-2-5-12(8-14(10)21(16,19)20)15(18)17(13-6-7-13)9-11-3-4-11/h2,5,8,11,13H,3-4,6-7,9H2,1H3,(H2,16,19,20). The fourth-order valence-electron chi connectivity index (χ4n) is 2.57. The number of sulfonamides is 1. The summed E-state index contributed by atoms with van der Waals surface area (Å²) in [5.74, 6) is 0.548. The number of aryl methyl sites for hydroxylation is 1. The van der Waals surface area contributed by atoms with Gasteiger partial charge in [0.25, 0.3) is 5.91 Å². The van der Waals surface area contributed by atoms with Crippen LogP contribution in [0.4, 0.5) is 0 Å². The van der Waals surface area contributed by atoms with Crippen LogP contribution < -0.4 is 5.14 Å². The van der Waals surface area contributed by atoms with E-state index in [-0.39, 0.29) is 10.8 Å². The predicted molar refractivity (Wildman–Crippen MR) is 79.3 cm³/mol. The molecule has 3 rings (SSSR count). The largest absolute Gasteiger partial charge is 0.335 e. The molecule has 2 N–H and O–H groups in total. The van der Waals surface area contributed by atoms with E-state index in [2.05, 4.69) is 0 Å². The average molecular weight is 308 g/mol. The minimum atomic E-state index is -3.80. The molecule has 5 nitrogen and oxygen atoms in total. The summed E-state index contributed by atoms with van der Waals surface area (Å²) >= 11 is 0. The molecule has 0 heterocycles. The third-order valence-electron chi connectivity index (χ3n) is 4.14. The molecule has 21 heavy (non-hydrogen) atoms. The third-order valence-corrected chi connectivity index (χ3v) is 5.19. The fraction of sp³-hybridized carbons (Fsp3) is 0.533. The van der Waals surface area contributed by atoms with Gasteiger partial charge in [-0.25, -0.2) is 13.6 Å². The number of carbonyl (C=O) groups excluding carboxylic acids is 1. The molecule has 1 aromatic rings. The van der Waals surface area contributed by atoms with Crippen molar-refractivity contribution >= 4 is 15.9 Å². The maximum Gasteiger partial charge on any atom is 0.254 e. The van der Waals surface area contributed by atoms with Crippen LogP contribution in [0.3, 0.4) is 0 Å². The Balaban J connectivity index is 1.89. The van der Waals surface area contributed by atoms with Crippen LogP contribution in [0.5, 0.6) is 0 Å². The van der Waals surface area contributed by atoms with Crippen molar-refractivity contribution in [3.63, 3.8) is 0 Å². The van der Waals surface area contributed by atoms with Gasteiger partial charge in [-0.3, -0.25) is 4.79 Å². The summed E-state index contributed by atoms with van der Waals surface area (Å²) in [6, 6.07) is 5.08. The van der Waals surface area contributed by atoms with E-state index in [0.29, 0.717) is 23.1 Å². The van der Waals surface area contributed by atoms with Crippen molar-refractivity contribution in [1.29, 1.82) is 0 Å². The van der Waals surface area contributed by atoms with Crippen molar-refractivity contribution in [2.75, 3.05) is 6.54 Å². The second-order valence-corrected chi connectivity index (χ2v) is 7.69. The highest BCUT2D eigenvalue weighted by molar-refractivity contribution is 7.89. The highest BCUT2D eigenvalue weighted by Crippen LogP contribution is 2.35. The van der Waals surface area contributed by atoms with Crippen molar-refractivity contribution in [2.24, 2.45) is 11.1 Å². The van der Waals surface area contributed by atoms with E-state index in [1.165, 1.54) is 18.9 Å². The lowest BCUT2D eigenvalue weighted by atomic mass is 10.1. The Morgan fingerprint density at radius 1 is 1.29 bits per heavy atom. The van der Waals surface area contributed by atoms with E-state index in [9.17, 15) is 13.2 Å². The third kappa shape index (κ3) is 3.27. The number of hydrogen-bond acceptors (Lipinski definition) is 3. The van der Waals surface area contributed by atoms with Gasteiger partial charge in [0.05, 0.1) is 4.90 Å². The van der Waals surface area contributed by atoms with Gasteiger partial charge in [-0.05, 0) is 56.2 Å². The van der Waals surface area contributed by atoms with Crippen LogP contribution in [0.2, 0.25) is 0 Å². The fourth-order valence-corrected chi connectivity index (χ4v) is 3.38. The molecule has 2 aliphatic carbocycles. The monoisotopic (exact) mass is 308 g/mol. The normalized spacial score (nSPS) is 18.6. The molecule has 2 saturated carbocycles. The average Bonchev–Trinajstić information content (AvgIpc) is 3.26. The van der Waals surface area contributed by atoms with Gasteiger partial charge in [0, 0.05) is 18.2 Å². The molecule has 0 radical (unpaired) electrons. The molecule has 0 aromatic heterocycles. The van der Waals surface area contributed by atoms with Gasteiger partial charge >= 0.3 is 0 Å². The topological polar surface area (TPSA) is 80.5 Å². The van der Waals surface area contributed by atoms with Crippen LogP contribution in [0.15, 0.2) is 23.1 Å². The molecule has 0 bridgehead atoms. The highest BCUT2D eigenvalue weighted by atomic mass is 32.2. The summed E-state index contributed by atoms with van der Waals surface area (Å²) in [6.07, 6.45) is 4.47. The second-order valence-electron chi connectivity index (χ2n) is 6.16. The summed E-state index contributed by atoms with van der Waals surface area (Å²) in [6.45, 7) is 2.47. The van der Waals surface area contributed by atoms with E-state index in [1.807, 2.05) is 4.90 Å². The molecule has 0 unspecified atom stereocenters. The zero-order valence-corrected chi connectivity index (χ0v) is 12.9. The molecule has 114 valence electrons. The molecule has 0 saturated heterocycles. The maximum absolute atomic E-state index is 12.7. The summed E-state index contributed by atoms with van der Waals surface area (Å²) in [4.78, 5) is 14.6. The van der Waals surface area contributed by atoms with E-state index < -0.39 is 10.0 Å². The summed E-state index contributed by atoms with van der Waals surface area (Å²) in [5, 5.41) is 5.21. The van der Waals surface area contributed by atoms with Crippen molar-refractivity contribution in [3.8, 4) is 0 Å². The summed E-state index contributed by atoms with van der Waals surface area (Å²) in [7, 11) is -3.80. The first-order valence-electron chi connectivity index (χ1n) is 7.30. The molecular weight excluding hydrogens is 288 g/mol. The van der Waals surface area contributed by atoms with Gasteiger partial charge in [0.2, 0.25) is 10.0 Å². The van der Waals surface area contributed by atoms with Crippen LogP contribution in [-0.2, 0) is 10.0 Å². The maximum atomic E-state index is 12.7. The lowest BCUT2D eigenvalue weighted by molar-refractivity contribution is 0.0734. The molecule has 1 amide bonds. The number of amides is 1. The zero-order valence-electron chi connectivity index (χ0n) is 12.1. The number of nitrogens with zero attached hydrogens (tertiary/aromatic N) is 1. The van der Waals surface area contributed by atoms with Crippen LogP contribution in [0.25, 0.3) is 0 Å². The number of primary sulfonamides is 1. The number of benzene rings is 1. The van der Waals surface area contributed by atoms with Crippen molar-refractivity contribution in [2.45, 2.75) is 43.5 Å². The van der Waals surface area contributed by atoms with Gasteiger partial charge in [-0.15, -0.1) is 0 Å². The molecule has 1 aromatic carbocycles. The lowest BCUT2D eigenvalue weighted by Gasteiger charge is -2.22.